The molecule has 3 heteroatoms. The monoisotopic (exact) mass is 445 g/mol. The van der Waals surface area contributed by atoms with Crippen LogP contribution in [0.4, 0.5) is 0 Å². The summed E-state index contributed by atoms with van der Waals surface area (Å²) in [5.74, 6) is 0.825. The average molecular weight is 446 g/mol. The van der Waals surface area contributed by atoms with Crippen molar-refractivity contribution in [2.45, 2.75) is 96.8 Å². The Hall–Kier alpha value is -2.60. The second kappa shape index (κ2) is 12.0. The summed E-state index contributed by atoms with van der Waals surface area (Å²) in [7, 11) is 0. The van der Waals surface area contributed by atoms with Gasteiger partial charge in [-0.25, -0.2) is 0 Å². The van der Waals surface area contributed by atoms with E-state index in [0.717, 1.165) is 68.9 Å². The molecule has 1 atom stereocenters. The van der Waals surface area contributed by atoms with Crippen molar-refractivity contribution in [1.82, 2.24) is 0 Å². The van der Waals surface area contributed by atoms with Gasteiger partial charge in [-0.05, 0) is 66.8 Å². The predicted molar refractivity (Wildman–Crippen MR) is 134 cm³/mol. The summed E-state index contributed by atoms with van der Waals surface area (Å²) in [5.41, 5.74) is 3.32. The lowest BCUT2D eigenvalue weighted by atomic mass is 9.69. The molecule has 1 fully saturated rings. The Bertz CT molecular complexity index is 948. The van der Waals surface area contributed by atoms with Gasteiger partial charge in [0, 0.05) is 0 Å². The Morgan fingerprint density at radius 2 is 1.73 bits per heavy atom. The van der Waals surface area contributed by atoms with Crippen LogP contribution in [0.25, 0.3) is 0 Å². The van der Waals surface area contributed by atoms with Gasteiger partial charge in [0.05, 0.1) is 11.0 Å². The third-order valence-corrected chi connectivity index (χ3v) is 7.32. The predicted octanol–water partition coefficient (Wildman–Crippen LogP) is 7.69. The molecule has 0 heterocycles. The molecule has 2 aromatic rings. The fourth-order valence-corrected chi connectivity index (χ4v) is 4.96. The van der Waals surface area contributed by atoms with E-state index < -0.39 is 5.41 Å². The number of ether oxygens (including phenoxy) is 1. The molecule has 0 aromatic heterocycles. The van der Waals surface area contributed by atoms with Gasteiger partial charge in [0.15, 0.2) is 0 Å². The van der Waals surface area contributed by atoms with Crippen LogP contribution in [0.3, 0.4) is 0 Å². The summed E-state index contributed by atoms with van der Waals surface area (Å²) >= 11 is 0. The zero-order valence-corrected chi connectivity index (χ0v) is 20.7. The van der Waals surface area contributed by atoms with Crippen LogP contribution >= 0.6 is 0 Å². The minimum absolute atomic E-state index is 0.216. The van der Waals surface area contributed by atoms with Gasteiger partial charge in [0.1, 0.15) is 11.8 Å². The number of esters is 1. The molecule has 33 heavy (non-hydrogen) atoms. The number of carbonyl (C=O) groups excluding carboxylic acids is 1. The molecular formula is C30H39NO2. The van der Waals surface area contributed by atoms with Crippen LogP contribution in [-0.2, 0) is 23.1 Å². The molecule has 0 amide bonds. The molecular weight excluding hydrogens is 406 g/mol. The van der Waals surface area contributed by atoms with Gasteiger partial charge in [-0.15, -0.1) is 0 Å². The number of nitriles is 1. The maximum absolute atomic E-state index is 13.6. The smallest absolute Gasteiger partial charge is 0.321 e. The standard InChI is InChI=1S/C30H39NO2/c1-4-6-8-11-24-14-17-28(26(21-24)22-31)33-29(32)30(18-9-7-10-19-30)27-15-12-25(13-16-27)20-23(3)5-2/h12-17,21,23H,4-11,18-20H2,1-3H3. The average Bonchev–Trinajstić information content (AvgIpc) is 2.85. The van der Waals surface area contributed by atoms with Crippen molar-refractivity contribution in [2.75, 3.05) is 0 Å². The Kier molecular flexibility index (Phi) is 9.12. The normalized spacial score (nSPS) is 16.1. The van der Waals surface area contributed by atoms with E-state index in [0.29, 0.717) is 17.2 Å². The summed E-state index contributed by atoms with van der Waals surface area (Å²) in [6, 6.07) is 16.5. The van der Waals surface area contributed by atoms with E-state index in [4.69, 9.17) is 4.74 Å². The molecule has 176 valence electrons. The Morgan fingerprint density at radius 3 is 2.36 bits per heavy atom. The Balaban J connectivity index is 1.82. The van der Waals surface area contributed by atoms with Crippen molar-refractivity contribution >= 4 is 5.97 Å². The van der Waals surface area contributed by atoms with E-state index in [1.165, 1.54) is 18.4 Å². The molecule has 0 bridgehead atoms. The largest absolute Gasteiger partial charge is 0.424 e. The van der Waals surface area contributed by atoms with Gasteiger partial charge in [-0.3, -0.25) is 4.79 Å². The van der Waals surface area contributed by atoms with Crippen LogP contribution in [0.1, 0.15) is 101 Å². The van der Waals surface area contributed by atoms with Crippen LogP contribution in [0.2, 0.25) is 0 Å². The number of hydrogen-bond donors (Lipinski definition) is 0. The fourth-order valence-electron chi connectivity index (χ4n) is 4.96. The van der Waals surface area contributed by atoms with Gasteiger partial charge < -0.3 is 4.74 Å². The third-order valence-electron chi connectivity index (χ3n) is 7.32. The van der Waals surface area contributed by atoms with E-state index in [2.05, 4.69) is 51.1 Å². The summed E-state index contributed by atoms with van der Waals surface area (Å²) in [6.45, 7) is 6.68. The van der Waals surface area contributed by atoms with E-state index >= 15 is 0 Å². The summed E-state index contributed by atoms with van der Waals surface area (Å²) in [5, 5.41) is 9.70. The molecule has 1 aliphatic carbocycles. The first-order valence-electron chi connectivity index (χ1n) is 12.9. The van der Waals surface area contributed by atoms with Crippen LogP contribution in [-0.4, -0.2) is 5.97 Å². The molecule has 3 nitrogen and oxygen atoms in total. The molecule has 0 saturated heterocycles. The highest BCUT2D eigenvalue weighted by Crippen LogP contribution is 2.41. The number of nitrogens with zero attached hydrogens (tertiary/aromatic N) is 1. The molecule has 3 rings (SSSR count). The Labute approximate surface area is 200 Å². The second-order valence-corrected chi connectivity index (χ2v) is 9.85. The zero-order chi connectivity index (χ0) is 23.7. The van der Waals surface area contributed by atoms with E-state index in [1.807, 2.05) is 18.2 Å². The van der Waals surface area contributed by atoms with E-state index in [1.54, 1.807) is 0 Å². The van der Waals surface area contributed by atoms with Gasteiger partial charge in [0.25, 0.3) is 0 Å². The van der Waals surface area contributed by atoms with Gasteiger partial charge in [-0.2, -0.15) is 5.26 Å². The molecule has 1 aliphatic rings. The van der Waals surface area contributed by atoms with Gasteiger partial charge >= 0.3 is 5.97 Å². The lowest BCUT2D eigenvalue weighted by molar-refractivity contribution is -0.142. The van der Waals surface area contributed by atoms with Crippen LogP contribution in [0.15, 0.2) is 42.5 Å². The maximum Gasteiger partial charge on any atom is 0.321 e. The second-order valence-electron chi connectivity index (χ2n) is 9.85. The number of hydrogen-bond acceptors (Lipinski definition) is 3. The molecule has 1 unspecified atom stereocenters. The van der Waals surface area contributed by atoms with Gasteiger partial charge in [-0.1, -0.05) is 89.6 Å². The van der Waals surface area contributed by atoms with Crippen molar-refractivity contribution in [1.29, 1.82) is 5.26 Å². The summed E-state index contributed by atoms with van der Waals surface area (Å²) in [6.07, 6.45) is 11.4. The first-order valence-corrected chi connectivity index (χ1v) is 12.9. The van der Waals surface area contributed by atoms with Gasteiger partial charge in [0.2, 0.25) is 0 Å². The van der Waals surface area contributed by atoms with E-state index in [-0.39, 0.29) is 5.97 Å². The topological polar surface area (TPSA) is 50.1 Å². The first kappa shape index (κ1) is 25.0. The number of unbranched alkanes of at least 4 members (excludes halogenated alkanes) is 2. The number of aryl methyl sites for hydroxylation is 1. The maximum atomic E-state index is 13.6. The van der Waals surface area contributed by atoms with E-state index in [9.17, 15) is 10.1 Å². The number of benzene rings is 2. The van der Waals surface area contributed by atoms with Crippen LogP contribution in [0.5, 0.6) is 5.75 Å². The highest BCUT2D eigenvalue weighted by atomic mass is 16.5. The molecule has 1 saturated carbocycles. The van der Waals surface area contributed by atoms with Crippen molar-refractivity contribution in [3.63, 3.8) is 0 Å². The summed E-state index contributed by atoms with van der Waals surface area (Å²) in [4.78, 5) is 13.6. The highest BCUT2D eigenvalue weighted by molar-refractivity contribution is 5.85. The van der Waals surface area contributed by atoms with Crippen molar-refractivity contribution in [3.05, 3.63) is 64.7 Å². The number of carbonyl (C=O) groups is 1. The van der Waals surface area contributed by atoms with Crippen molar-refractivity contribution in [2.24, 2.45) is 5.92 Å². The van der Waals surface area contributed by atoms with Crippen LogP contribution < -0.4 is 4.74 Å². The van der Waals surface area contributed by atoms with Crippen molar-refractivity contribution < 1.29 is 9.53 Å². The summed E-state index contributed by atoms with van der Waals surface area (Å²) < 4.78 is 5.97. The zero-order valence-electron chi connectivity index (χ0n) is 20.7. The molecule has 0 radical (unpaired) electrons. The minimum atomic E-state index is -0.625. The molecule has 0 aliphatic heterocycles. The fraction of sp³-hybridized carbons (Fsp3) is 0.533. The van der Waals surface area contributed by atoms with Crippen molar-refractivity contribution in [3.8, 4) is 11.8 Å². The first-order chi connectivity index (χ1) is 16.0. The minimum Gasteiger partial charge on any atom is -0.424 e. The lowest BCUT2D eigenvalue weighted by Crippen LogP contribution is -2.41. The number of rotatable bonds is 10. The highest BCUT2D eigenvalue weighted by Gasteiger charge is 2.43. The lowest BCUT2D eigenvalue weighted by Gasteiger charge is -2.35. The van der Waals surface area contributed by atoms with Crippen LogP contribution in [0, 0.1) is 17.2 Å². The SMILES string of the molecule is CCCCCc1ccc(OC(=O)C2(c3ccc(CC(C)CC)cc3)CCCCC2)c(C#N)c1. The third kappa shape index (κ3) is 6.26. The Morgan fingerprint density at radius 1 is 1.03 bits per heavy atom. The molecule has 0 N–H and O–H groups in total. The molecule has 2 aromatic carbocycles. The quantitative estimate of drug-likeness (QED) is 0.214. The molecule has 0 spiro atoms.